The van der Waals surface area contributed by atoms with Crippen LogP contribution in [-0.2, 0) is 0 Å². The number of rotatable bonds is 3. The zero-order valence-electron chi connectivity index (χ0n) is 9.01. The van der Waals surface area contributed by atoms with Gasteiger partial charge in [-0.1, -0.05) is 61.3 Å². The van der Waals surface area contributed by atoms with E-state index in [1.807, 2.05) is 0 Å². The van der Waals surface area contributed by atoms with Crippen LogP contribution in [0.1, 0.15) is 20.8 Å². The molecule has 0 heterocycles. The van der Waals surface area contributed by atoms with Crippen LogP contribution in [0.5, 0.6) is 0 Å². The molecule has 0 saturated heterocycles. The molecule has 0 radical (unpaired) electrons. The van der Waals surface area contributed by atoms with Crippen molar-refractivity contribution in [1.82, 2.24) is 0 Å². The summed E-state index contributed by atoms with van der Waals surface area (Å²) in [5.74, 6) is 0. The van der Waals surface area contributed by atoms with Crippen molar-refractivity contribution >= 4 is 31.8 Å². The molecular weight excluding hydrogens is 204 g/mol. The minimum atomic E-state index is 0.209. The molecule has 0 atom stereocenters. The maximum atomic E-state index is 2.42. The Labute approximate surface area is 88.2 Å². The fourth-order valence-electron chi connectivity index (χ4n) is 1.47. The Balaban J connectivity index is 2.29. The minimum Gasteiger partial charge on any atom is -0.0704 e. The third kappa shape index (κ3) is 5.23. The van der Waals surface area contributed by atoms with E-state index in [0.29, 0.717) is 22.6 Å². The Hall–Kier alpha value is -0.129. The second kappa shape index (κ2) is 4.93. The van der Waals surface area contributed by atoms with Gasteiger partial charge in [0.2, 0.25) is 0 Å². The van der Waals surface area contributed by atoms with Gasteiger partial charge >= 0.3 is 0 Å². The molecule has 0 bridgehead atoms. The van der Waals surface area contributed by atoms with Crippen molar-refractivity contribution in [2.24, 2.45) is 0 Å². The smallest absolute Gasteiger partial charge is 0.0392 e. The van der Waals surface area contributed by atoms with Crippen molar-refractivity contribution in [3.05, 3.63) is 30.3 Å². The molecule has 0 N–H and O–H groups in total. The van der Waals surface area contributed by atoms with Gasteiger partial charge in [0, 0.05) is 26.6 Å². The molecule has 0 saturated carbocycles. The van der Waals surface area contributed by atoms with E-state index in [4.69, 9.17) is 0 Å². The summed E-state index contributed by atoms with van der Waals surface area (Å²) in [5, 5.41) is 2.42. The van der Waals surface area contributed by atoms with Crippen LogP contribution in [0.25, 0.3) is 0 Å². The highest BCUT2D eigenvalue weighted by Gasteiger charge is 2.10. The molecule has 0 aliphatic heterocycles. The van der Waals surface area contributed by atoms with Gasteiger partial charge in [0.25, 0.3) is 0 Å². The Morgan fingerprint density at radius 1 is 1.00 bits per heavy atom. The van der Waals surface area contributed by atoms with Gasteiger partial charge in [-0.3, -0.25) is 0 Å². The molecule has 0 fully saturated rings. The van der Waals surface area contributed by atoms with Crippen molar-refractivity contribution in [1.29, 1.82) is 0 Å². The van der Waals surface area contributed by atoms with Gasteiger partial charge in [-0.25, -0.2) is 0 Å². The van der Waals surface area contributed by atoms with E-state index in [1.165, 1.54) is 0 Å². The zero-order valence-corrected chi connectivity index (χ0v) is 13.3. The molecular formula is C10H20Si3. The molecule has 0 unspecified atom stereocenters. The summed E-state index contributed by atoms with van der Waals surface area (Å²) in [6.07, 6.45) is 0. The monoisotopic (exact) mass is 224 g/mol. The summed E-state index contributed by atoms with van der Waals surface area (Å²) < 4.78 is 0. The van der Waals surface area contributed by atoms with E-state index >= 15 is 0 Å². The van der Waals surface area contributed by atoms with Crippen molar-refractivity contribution in [3.8, 4) is 0 Å². The average Bonchev–Trinajstić information content (AvgIpc) is 2.04. The summed E-state index contributed by atoms with van der Waals surface area (Å²) in [7, 11) is 0.902. The van der Waals surface area contributed by atoms with E-state index < -0.39 is 0 Å². The Bertz CT molecular complexity index is 238. The second-order valence-electron chi connectivity index (χ2n) is 4.90. The molecule has 1 aromatic rings. The molecule has 0 spiro atoms. The van der Waals surface area contributed by atoms with Gasteiger partial charge in [0.05, 0.1) is 0 Å². The predicted octanol–water partition coefficient (Wildman–Crippen LogP) is -0.133. The molecule has 0 aromatic heterocycles. The van der Waals surface area contributed by atoms with Gasteiger partial charge in [0.1, 0.15) is 0 Å². The first-order chi connectivity index (χ1) is 6.08. The second-order valence-corrected chi connectivity index (χ2v) is 21.0. The first-order valence-corrected chi connectivity index (χ1v) is 14.5. The van der Waals surface area contributed by atoms with Crippen LogP contribution in [0, 0.1) is 0 Å². The summed E-state index contributed by atoms with van der Waals surface area (Å²) >= 11 is 0. The molecule has 1 rings (SSSR count). The Morgan fingerprint density at radius 3 is 2.15 bits per heavy atom. The molecule has 0 aliphatic rings. The van der Waals surface area contributed by atoms with E-state index in [0.717, 1.165) is 0 Å². The molecule has 1 aromatic carbocycles. The van der Waals surface area contributed by atoms with Crippen LogP contribution < -0.4 is 5.19 Å². The maximum absolute atomic E-state index is 2.42. The number of hydrogen-bond donors (Lipinski definition) is 0. The van der Waals surface area contributed by atoms with E-state index in [2.05, 4.69) is 51.1 Å². The highest BCUT2D eigenvalue weighted by Crippen LogP contribution is 2.18. The highest BCUT2D eigenvalue weighted by atomic mass is 29.5. The normalized spacial score (nSPS) is 14.4. The van der Waals surface area contributed by atoms with Gasteiger partial charge in [0.15, 0.2) is 0 Å². The van der Waals surface area contributed by atoms with Crippen molar-refractivity contribution in [2.45, 2.75) is 25.8 Å². The molecule has 0 amide bonds. The molecule has 0 nitrogen and oxygen atoms in total. The summed E-state index contributed by atoms with van der Waals surface area (Å²) in [5.41, 5.74) is 0. The van der Waals surface area contributed by atoms with Crippen LogP contribution in [-0.4, -0.2) is 26.6 Å². The predicted molar refractivity (Wildman–Crippen MR) is 71.4 cm³/mol. The van der Waals surface area contributed by atoms with Gasteiger partial charge in [-0.15, -0.1) is 0 Å². The maximum Gasteiger partial charge on any atom is 0.0392 e. The average molecular weight is 225 g/mol. The fourth-order valence-corrected chi connectivity index (χ4v) is 24.5. The fraction of sp³-hybridized carbons (Fsp3) is 0.400. The molecule has 0 aliphatic carbocycles. The lowest BCUT2D eigenvalue weighted by molar-refractivity contribution is 0.763. The zero-order chi connectivity index (χ0) is 9.73. The van der Waals surface area contributed by atoms with Gasteiger partial charge < -0.3 is 0 Å². The van der Waals surface area contributed by atoms with E-state index in [-0.39, 0.29) is 9.04 Å². The number of hydrogen-bond acceptors (Lipinski definition) is 0. The minimum absolute atomic E-state index is 0.209. The van der Waals surface area contributed by atoms with Crippen LogP contribution in [0.2, 0.25) is 5.04 Å². The summed E-state index contributed by atoms with van der Waals surface area (Å²) in [4.78, 5) is 0. The Morgan fingerprint density at radius 2 is 1.62 bits per heavy atom. The standard InChI is InChI=1S/C10H20Si3/c1-10(2,3)12-13-11-9-7-5-4-6-8-9/h4-8H,11-13H2,1-3H3. The number of benzene rings is 1. The first kappa shape index (κ1) is 10.9. The molecule has 72 valence electrons. The topological polar surface area (TPSA) is 0 Å². The van der Waals surface area contributed by atoms with Crippen LogP contribution in [0.3, 0.4) is 0 Å². The largest absolute Gasteiger partial charge is 0.0704 e. The van der Waals surface area contributed by atoms with Gasteiger partial charge in [-0.05, 0) is 0 Å². The Kier molecular flexibility index (Phi) is 4.15. The first-order valence-electron chi connectivity index (χ1n) is 5.12. The van der Waals surface area contributed by atoms with Crippen molar-refractivity contribution in [2.75, 3.05) is 0 Å². The summed E-state index contributed by atoms with van der Waals surface area (Å²) in [6, 6.07) is 11.2. The quantitative estimate of drug-likeness (QED) is 0.628. The molecule has 3 heteroatoms. The highest BCUT2D eigenvalue weighted by molar-refractivity contribution is 7.33. The van der Waals surface area contributed by atoms with E-state index in [1.54, 1.807) is 5.19 Å². The van der Waals surface area contributed by atoms with E-state index in [9.17, 15) is 0 Å². The summed E-state index contributed by atoms with van der Waals surface area (Å²) in [6.45, 7) is 7.27. The lowest BCUT2D eigenvalue weighted by Gasteiger charge is -2.16. The third-order valence-electron chi connectivity index (χ3n) is 2.24. The van der Waals surface area contributed by atoms with Crippen LogP contribution >= 0.6 is 0 Å². The third-order valence-corrected chi connectivity index (χ3v) is 20.2. The lowest BCUT2D eigenvalue weighted by atomic mass is 10.3. The SMILES string of the molecule is CC(C)(C)[SiH2][SiH2][SiH2]c1ccccc1. The van der Waals surface area contributed by atoms with Gasteiger partial charge in [-0.2, -0.15) is 0 Å². The molecule has 13 heavy (non-hydrogen) atoms. The van der Waals surface area contributed by atoms with Crippen molar-refractivity contribution < 1.29 is 0 Å². The van der Waals surface area contributed by atoms with Crippen LogP contribution in [0.15, 0.2) is 30.3 Å². The lowest BCUT2D eigenvalue weighted by Crippen LogP contribution is -2.28. The van der Waals surface area contributed by atoms with Crippen molar-refractivity contribution in [3.63, 3.8) is 0 Å². The van der Waals surface area contributed by atoms with Crippen LogP contribution in [0.4, 0.5) is 0 Å².